The van der Waals surface area contributed by atoms with Gasteiger partial charge < -0.3 is 16.0 Å². The Morgan fingerprint density at radius 1 is 1.12 bits per heavy atom. The topological polar surface area (TPSA) is 70.2 Å². The van der Waals surface area contributed by atoms with Gasteiger partial charge in [0.05, 0.1) is 6.54 Å². The first kappa shape index (κ1) is 14.9. The third-order valence-corrected chi connectivity index (χ3v) is 2.31. The van der Waals surface area contributed by atoms with Crippen molar-refractivity contribution in [1.82, 2.24) is 16.0 Å². The van der Waals surface area contributed by atoms with Crippen LogP contribution in [0.1, 0.15) is 33.6 Å². The van der Waals surface area contributed by atoms with E-state index in [0.717, 1.165) is 12.8 Å². The molecule has 0 heterocycles. The van der Waals surface area contributed by atoms with Crippen LogP contribution in [0, 0.1) is 0 Å². The molecular formula is C11H23N3O2. The smallest absolute Gasteiger partial charge is 0.234 e. The van der Waals surface area contributed by atoms with E-state index in [-0.39, 0.29) is 17.9 Å². The first-order valence-electron chi connectivity index (χ1n) is 5.84. The zero-order chi connectivity index (χ0) is 12.4. The summed E-state index contributed by atoms with van der Waals surface area (Å²) in [5.41, 5.74) is 0. The highest BCUT2D eigenvalue weighted by molar-refractivity contribution is 5.78. The quantitative estimate of drug-likeness (QED) is 0.514. The summed E-state index contributed by atoms with van der Waals surface area (Å²) in [4.78, 5) is 22.0. The highest BCUT2D eigenvalue weighted by atomic mass is 16.2. The van der Waals surface area contributed by atoms with Gasteiger partial charge in [-0.25, -0.2) is 0 Å². The molecule has 0 unspecified atom stereocenters. The van der Waals surface area contributed by atoms with Gasteiger partial charge in [0.2, 0.25) is 11.8 Å². The predicted octanol–water partition coefficient (Wildman–Crippen LogP) is 0.0169. The van der Waals surface area contributed by atoms with Gasteiger partial charge in [-0.2, -0.15) is 0 Å². The van der Waals surface area contributed by atoms with Crippen LogP contribution in [0.4, 0.5) is 0 Å². The fourth-order valence-corrected chi connectivity index (χ4v) is 1.30. The van der Waals surface area contributed by atoms with E-state index in [1.54, 1.807) is 0 Å². The van der Waals surface area contributed by atoms with Crippen molar-refractivity contribution < 1.29 is 9.59 Å². The van der Waals surface area contributed by atoms with Crippen molar-refractivity contribution in [2.24, 2.45) is 0 Å². The Labute approximate surface area is 97.4 Å². The number of nitrogens with one attached hydrogen (secondary N) is 3. The van der Waals surface area contributed by atoms with Crippen molar-refractivity contribution >= 4 is 11.8 Å². The lowest BCUT2D eigenvalue weighted by Crippen LogP contribution is -2.41. The van der Waals surface area contributed by atoms with Crippen LogP contribution in [-0.4, -0.2) is 37.5 Å². The van der Waals surface area contributed by atoms with Crippen molar-refractivity contribution in [3.63, 3.8) is 0 Å². The number of hydrogen-bond donors (Lipinski definition) is 3. The minimum absolute atomic E-state index is 0.0107. The molecule has 0 rings (SSSR count). The van der Waals surface area contributed by atoms with Crippen LogP contribution >= 0.6 is 0 Å². The van der Waals surface area contributed by atoms with E-state index in [1.807, 2.05) is 0 Å². The minimum atomic E-state index is -0.0525. The van der Waals surface area contributed by atoms with Crippen molar-refractivity contribution in [3.05, 3.63) is 0 Å². The Morgan fingerprint density at radius 2 is 1.75 bits per heavy atom. The van der Waals surface area contributed by atoms with Gasteiger partial charge in [-0.15, -0.1) is 0 Å². The molecule has 0 aliphatic rings. The second-order valence-electron chi connectivity index (χ2n) is 3.74. The zero-order valence-corrected chi connectivity index (χ0v) is 10.4. The van der Waals surface area contributed by atoms with E-state index in [2.05, 4.69) is 29.8 Å². The third-order valence-electron chi connectivity index (χ3n) is 2.31. The number of carbonyl (C=O) groups excluding carboxylic acids is 2. The van der Waals surface area contributed by atoms with Crippen molar-refractivity contribution in [2.75, 3.05) is 19.6 Å². The molecule has 0 atom stereocenters. The Hall–Kier alpha value is -1.10. The van der Waals surface area contributed by atoms with Gasteiger partial charge >= 0.3 is 0 Å². The Kier molecular flexibility index (Phi) is 8.52. The molecule has 0 aliphatic carbocycles. The molecule has 0 fully saturated rings. The third kappa shape index (κ3) is 8.23. The summed E-state index contributed by atoms with van der Waals surface area (Å²) in [6.07, 6.45) is 1.91. The molecule has 2 amide bonds. The predicted molar refractivity (Wildman–Crippen MR) is 64.1 cm³/mol. The molecule has 5 heteroatoms. The van der Waals surface area contributed by atoms with E-state index < -0.39 is 0 Å². The van der Waals surface area contributed by atoms with E-state index in [0.29, 0.717) is 19.6 Å². The van der Waals surface area contributed by atoms with E-state index in [4.69, 9.17) is 0 Å². The molecule has 16 heavy (non-hydrogen) atoms. The maximum absolute atomic E-state index is 11.4. The summed E-state index contributed by atoms with van der Waals surface area (Å²) in [7, 11) is 0. The maximum atomic E-state index is 11.4. The monoisotopic (exact) mass is 229 g/mol. The highest BCUT2D eigenvalue weighted by Crippen LogP contribution is 1.94. The normalized spacial score (nSPS) is 10.2. The van der Waals surface area contributed by atoms with Crippen molar-refractivity contribution in [3.8, 4) is 0 Å². The molecule has 0 saturated heterocycles. The second kappa shape index (κ2) is 9.15. The summed E-state index contributed by atoms with van der Waals surface area (Å²) in [6.45, 7) is 7.04. The van der Waals surface area contributed by atoms with E-state index in [1.165, 1.54) is 6.92 Å². The molecule has 0 aromatic carbocycles. The SMILES string of the molecule is CCC(CC)NC(=O)CNCCNC(C)=O. The summed E-state index contributed by atoms with van der Waals surface area (Å²) in [5, 5.41) is 8.54. The summed E-state index contributed by atoms with van der Waals surface area (Å²) in [6, 6.07) is 0.268. The minimum Gasteiger partial charge on any atom is -0.355 e. The van der Waals surface area contributed by atoms with Gasteiger partial charge in [0.15, 0.2) is 0 Å². The van der Waals surface area contributed by atoms with Crippen molar-refractivity contribution in [1.29, 1.82) is 0 Å². The lowest BCUT2D eigenvalue weighted by molar-refractivity contribution is -0.121. The molecule has 0 saturated carbocycles. The summed E-state index contributed by atoms with van der Waals surface area (Å²) in [5.74, 6) is -0.0418. The molecule has 3 N–H and O–H groups in total. The molecule has 0 bridgehead atoms. The van der Waals surface area contributed by atoms with Crippen molar-refractivity contribution in [2.45, 2.75) is 39.7 Å². The lowest BCUT2D eigenvalue weighted by atomic mass is 10.2. The first-order valence-corrected chi connectivity index (χ1v) is 5.84. The van der Waals surface area contributed by atoms with Crippen LogP contribution in [0.25, 0.3) is 0 Å². The van der Waals surface area contributed by atoms with Crippen LogP contribution in [0.2, 0.25) is 0 Å². The Morgan fingerprint density at radius 3 is 2.25 bits per heavy atom. The lowest BCUT2D eigenvalue weighted by Gasteiger charge is -2.14. The Bertz CT molecular complexity index is 215. The van der Waals surface area contributed by atoms with Gasteiger partial charge in [0, 0.05) is 26.1 Å². The van der Waals surface area contributed by atoms with Crippen LogP contribution in [0.15, 0.2) is 0 Å². The fourth-order valence-electron chi connectivity index (χ4n) is 1.30. The molecule has 0 aromatic heterocycles. The number of carbonyl (C=O) groups is 2. The second-order valence-corrected chi connectivity index (χ2v) is 3.74. The number of hydrogen-bond acceptors (Lipinski definition) is 3. The fraction of sp³-hybridized carbons (Fsp3) is 0.818. The molecule has 0 spiro atoms. The van der Waals surface area contributed by atoms with Crippen LogP contribution in [0.3, 0.4) is 0 Å². The molecular weight excluding hydrogens is 206 g/mol. The number of amides is 2. The molecule has 5 nitrogen and oxygen atoms in total. The Balaban J connectivity index is 3.46. The summed E-state index contributed by atoms with van der Waals surface area (Å²) < 4.78 is 0. The maximum Gasteiger partial charge on any atom is 0.234 e. The van der Waals surface area contributed by atoms with Gasteiger partial charge in [0.1, 0.15) is 0 Å². The largest absolute Gasteiger partial charge is 0.355 e. The van der Waals surface area contributed by atoms with Crippen LogP contribution in [-0.2, 0) is 9.59 Å². The highest BCUT2D eigenvalue weighted by Gasteiger charge is 2.06. The van der Waals surface area contributed by atoms with Gasteiger partial charge in [0.25, 0.3) is 0 Å². The first-order chi connectivity index (χ1) is 7.60. The van der Waals surface area contributed by atoms with Gasteiger partial charge in [-0.3, -0.25) is 9.59 Å². The molecule has 0 aromatic rings. The average Bonchev–Trinajstić information content (AvgIpc) is 2.25. The molecule has 0 aliphatic heterocycles. The molecule has 94 valence electrons. The average molecular weight is 229 g/mol. The van der Waals surface area contributed by atoms with E-state index in [9.17, 15) is 9.59 Å². The summed E-state index contributed by atoms with van der Waals surface area (Å²) >= 11 is 0. The van der Waals surface area contributed by atoms with Crippen LogP contribution in [0.5, 0.6) is 0 Å². The molecule has 0 radical (unpaired) electrons. The zero-order valence-electron chi connectivity index (χ0n) is 10.4. The standard InChI is InChI=1S/C11H23N3O2/c1-4-10(5-2)14-11(16)8-12-6-7-13-9(3)15/h10,12H,4-8H2,1-3H3,(H,13,15)(H,14,16). The van der Waals surface area contributed by atoms with Gasteiger partial charge in [-0.1, -0.05) is 13.8 Å². The van der Waals surface area contributed by atoms with Crippen LogP contribution < -0.4 is 16.0 Å². The number of rotatable bonds is 8. The van der Waals surface area contributed by atoms with E-state index >= 15 is 0 Å². The van der Waals surface area contributed by atoms with Gasteiger partial charge in [-0.05, 0) is 12.8 Å².